The van der Waals surface area contributed by atoms with E-state index in [1.165, 1.54) is 0 Å². The van der Waals surface area contributed by atoms with Gasteiger partial charge in [-0.3, -0.25) is 0 Å². The largest absolute Gasteiger partial charge is 0 e. The van der Waals surface area contributed by atoms with Gasteiger partial charge in [0.2, 0.25) is 0 Å². The van der Waals surface area contributed by atoms with Gasteiger partial charge in [0.05, 0.1) is 0 Å². The van der Waals surface area contributed by atoms with Crippen LogP contribution in [0.1, 0.15) is 0 Å². The summed E-state index contributed by atoms with van der Waals surface area (Å²) in [5.41, 5.74) is 0. The molecule has 0 aromatic heterocycles. The van der Waals surface area contributed by atoms with E-state index < -0.39 is 0 Å². The number of hydrogen-bond acceptors (Lipinski definition) is 0. The van der Waals surface area contributed by atoms with Crippen molar-refractivity contribution in [2.24, 2.45) is 0 Å². The van der Waals surface area contributed by atoms with Crippen LogP contribution < -0.4 is 0 Å². The molecule has 0 saturated heterocycles. The second-order valence-electron chi connectivity index (χ2n) is 0. The normalized spacial score (nSPS) is 0. The van der Waals surface area contributed by atoms with Gasteiger partial charge in [-0.1, -0.05) is 0 Å². The quantitative estimate of drug-likeness (QED) is 0.455. The average Bonchev–Trinajstić information content (AvgIpc) is 0. The van der Waals surface area contributed by atoms with E-state index in [1.54, 1.807) is 0 Å². The molecule has 0 aromatic rings. The third kappa shape index (κ3) is 9.31. The maximum Gasteiger partial charge on any atom is 0 e. The molecule has 0 aliphatic rings. The van der Waals surface area contributed by atoms with Crippen molar-refractivity contribution < 1.29 is 21.1 Å². The van der Waals surface area contributed by atoms with Crippen LogP contribution in [0.5, 0.6) is 0 Å². The summed E-state index contributed by atoms with van der Waals surface area (Å²) in [5, 5.41) is 0. The molecule has 0 aliphatic heterocycles. The molecular formula is LiRbSnW. The Morgan fingerprint density at radius 2 is 1.00 bits per heavy atom. The molecular weight excluding hydrogens is 395 g/mol. The number of hydrogen-bond donors (Lipinski definition) is 0. The summed E-state index contributed by atoms with van der Waals surface area (Å²) < 4.78 is 0. The van der Waals surface area contributed by atoms with Gasteiger partial charge in [0, 0.05) is 122 Å². The van der Waals surface area contributed by atoms with Gasteiger partial charge < -0.3 is 0 Å². The van der Waals surface area contributed by atoms with Crippen molar-refractivity contribution in [2.45, 2.75) is 0 Å². The fraction of sp³-hybridized carbons (Fsp3) is 0. The third-order valence-electron chi connectivity index (χ3n) is 0. The fourth-order valence-electron chi connectivity index (χ4n) is 0. The summed E-state index contributed by atoms with van der Waals surface area (Å²) in [6, 6.07) is 0. The van der Waals surface area contributed by atoms with E-state index in [4.69, 9.17) is 0 Å². The van der Waals surface area contributed by atoms with Crippen LogP contribution in [0.4, 0.5) is 0 Å². The van der Waals surface area contributed by atoms with Gasteiger partial charge in [0.15, 0.2) is 0 Å². The number of rotatable bonds is 0. The second kappa shape index (κ2) is 15.8. The van der Waals surface area contributed by atoms with Gasteiger partial charge in [-0.25, -0.2) is 0 Å². The first-order valence-electron chi connectivity index (χ1n) is 0. The molecule has 0 unspecified atom stereocenters. The van der Waals surface area contributed by atoms with Crippen molar-refractivity contribution in [3.8, 4) is 0 Å². The molecule has 0 aliphatic carbocycles. The van der Waals surface area contributed by atoms with E-state index in [-0.39, 0.29) is 122 Å². The first-order chi connectivity index (χ1) is 0. The molecule has 4 heteroatoms. The molecule has 0 heterocycles. The average molecular weight is 395 g/mol. The third-order valence-corrected chi connectivity index (χ3v) is 0. The van der Waals surface area contributed by atoms with Crippen LogP contribution in [0, 0.1) is 0 Å². The van der Waals surface area contributed by atoms with Gasteiger partial charge in [-0.05, 0) is 0 Å². The molecule has 4 heavy (non-hydrogen) atoms. The van der Waals surface area contributed by atoms with Gasteiger partial charge in [-0.15, -0.1) is 0 Å². The molecule has 0 fully saturated rings. The Morgan fingerprint density at radius 1 is 1.00 bits per heavy atom. The van der Waals surface area contributed by atoms with E-state index in [0.717, 1.165) is 0 Å². The Morgan fingerprint density at radius 3 is 1.00 bits per heavy atom. The Labute approximate surface area is 118 Å². The molecule has 0 N–H and O–H groups in total. The van der Waals surface area contributed by atoms with Crippen LogP contribution in [0.15, 0.2) is 0 Å². The first-order valence-corrected chi connectivity index (χ1v) is 0. The van der Waals surface area contributed by atoms with Gasteiger partial charge >= 0.3 is 0 Å². The van der Waals surface area contributed by atoms with Crippen LogP contribution in [0.2, 0.25) is 0 Å². The van der Waals surface area contributed by atoms with Gasteiger partial charge in [-0.2, -0.15) is 0 Å². The fourth-order valence-corrected chi connectivity index (χ4v) is 0. The predicted octanol–water partition coefficient (Wildman–Crippen LogP) is -1.14. The van der Waals surface area contributed by atoms with Crippen molar-refractivity contribution >= 4 is 101 Å². The topological polar surface area (TPSA) is 0 Å². The van der Waals surface area contributed by atoms with Crippen molar-refractivity contribution in [3.05, 3.63) is 0 Å². The first kappa shape index (κ1) is 24.8. The molecule has 0 aromatic carbocycles. The molecule has 0 amide bonds. The molecule has 0 nitrogen and oxygen atoms in total. The maximum absolute atomic E-state index is 0. The maximum atomic E-state index is 0. The predicted molar refractivity (Wildman–Crippen MR) is 17.3 cm³/mol. The van der Waals surface area contributed by atoms with Crippen LogP contribution in [0.3, 0.4) is 0 Å². The van der Waals surface area contributed by atoms with Gasteiger partial charge in [0.1, 0.15) is 0 Å². The van der Waals surface area contributed by atoms with Crippen LogP contribution in [-0.2, 0) is 21.1 Å². The Hall–Kier alpha value is 3.89. The zero-order valence-corrected chi connectivity index (χ0v) is 13.6. The van der Waals surface area contributed by atoms with Crippen molar-refractivity contribution in [1.29, 1.82) is 0 Å². The minimum atomic E-state index is 0. The summed E-state index contributed by atoms with van der Waals surface area (Å²) >= 11 is 0. The van der Waals surface area contributed by atoms with Crippen LogP contribution in [0.25, 0.3) is 0 Å². The molecule has 0 rings (SSSR count). The second-order valence-corrected chi connectivity index (χ2v) is 0. The summed E-state index contributed by atoms with van der Waals surface area (Å²) in [7, 11) is 0. The van der Waals surface area contributed by atoms with Crippen molar-refractivity contribution in [1.82, 2.24) is 0 Å². The standard InChI is InChI=1S/Li.Rb.Sn.W. The molecule has 6 radical (unpaired) electrons. The minimum Gasteiger partial charge on any atom is 0 e. The van der Waals surface area contributed by atoms with E-state index >= 15 is 0 Å². The summed E-state index contributed by atoms with van der Waals surface area (Å²) in [6.07, 6.45) is 0. The minimum absolute atomic E-state index is 0. The summed E-state index contributed by atoms with van der Waals surface area (Å²) in [5.74, 6) is 0. The van der Waals surface area contributed by atoms with Crippen LogP contribution in [-0.4, -0.2) is 101 Å². The molecule has 12 valence electrons. The van der Waals surface area contributed by atoms with Crippen LogP contribution >= 0.6 is 0 Å². The summed E-state index contributed by atoms with van der Waals surface area (Å²) in [6.45, 7) is 0. The summed E-state index contributed by atoms with van der Waals surface area (Å²) in [4.78, 5) is 0. The Bertz CT molecular complexity index is 8.00. The Balaban J connectivity index is 0. The van der Waals surface area contributed by atoms with E-state index in [1.807, 2.05) is 0 Å². The van der Waals surface area contributed by atoms with E-state index in [2.05, 4.69) is 0 Å². The zero-order chi connectivity index (χ0) is 0. The monoisotopic (exact) mass is 396 g/mol. The van der Waals surface area contributed by atoms with E-state index in [0.29, 0.717) is 0 Å². The smallest absolute Gasteiger partial charge is 0 e. The van der Waals surface area contributed by atoms with Gasteiger partial charge in [0.25, 0.3) is 0 Å². The van der Waals surface area contributed by atoms with Crippen molar-refractivity contribution in [3.63, 3.8) is 0 Å². The van der Waals surface area contributed by atoms with E-state index in [9.17, 15) is 0 Å². The Kier molecular flexibility index (Phi) is 97.8. The molecule has 0 bridgehead atoms. The molecule has 0 spiro atoms. The van der Waals surface area contributed by atoms with Crippen molar-refractivity contribution in [2.75, 3.05) is 0 Å². The molecule has 0 saturated carbocycles. The SMILES string of the molecule is [Li].[Rb].[Sn].[W]. The zero-order valence-electron chi connectivity index (χ0n) is 2.91. The molecule has 0 atom stereocenters.